The van der Waals surface area contributed by atoms with Crippen molar-refractivity contribution in [2.24, 2.45) is 11.8 Å². The molecular weight excluding hydrogens is 224 g/mol. The van der Waals surface area contributed by atoms with E-state index in [2.05, 4.69) is 24.3 Å². The zero-order valence-corrected chi connectivity index (χ0v) is 10.8. The maximum Gasteiger partial charge on any atom is 0.308 e. The molecule has 1 aliphatic rings. The summed E-state index contributed by atoms with van der Waals surface area (Å²) in [7, 11) is 1.48. The van der Waals surface area contributed by atoms with Crippen molar-refractivity contribution in [2.75, 3.05) is 7.11 Å². The highest BCUT2D eigenvalue weighted by atomic mass is 16.5. The van der Waals surface area contributed by atoms with Gasteiger partial charge in [-0.25, -0.2) is 0 Å². The minimum absolute atomic E-state index is 0.0412. The summed E-state index contributed by atoms with van der Waals surface area (Å²) in [6.07, 6.45) is 8.55. The number of benzene rings is 1. The normalized spacial score (nSPS) is 24.1. The van der Waals surface area contributed by atoms with Crippen LogP contribution in [-0.4, -0.2) is 13.1 Å². The topological polar surface area (TPSA) is 26.3 Å². The van der Waals surface area contributed by atoms with Crippen molar-refractivity contribution in [1.29, 1.82) is 0 Å². The van der Waals surface area contributed by atoms with Gasteiger partial charge in [-0.15, -0.1) is 0 Å². The van der Waals surface area contributed by atoms with Gasteiger partial charge < -0.3 is 4.74 Å². The third kappa shape index (κ3) is 3.46. The standard InChI is InChI=1S/C16H20O2/c1-18-16(17)15-11-9-14(10-12-15)8-7-13-5-3-2-4-6-13/h2-8,14-15H,9-12H2,1H3/b8-7+. The molecule has 1 saturated carbocycles. The van der Waals surface area contributed by atoms with Gasteiger partial charge in [-0.2, -0.15) is 0 Å². The van der Waals surface area contributed by atoms with E-state index in [0.29, 0.717) is 5.92 Å². The number of esters is 1. The van der Waals surface area contributed by atoms with Crippen molar-refractivity contribution in [1.82, 2.24) is 0 Å². The van der Waals surface area contributed by atoms with E-state index in [0.717, 1.165) is 25.7 Å². The maximum atomic E-state index is 11.4. The van der Waals surface area contributed by atoms with E-state index in [1.807, 2.05) is 18.2 Å². The predicted octanol–water partition coefficient (Wildman–Crippen LogP) is 3.68. The van der Waals surface area contributed by atoms with E-state index < -0.39 is 0 Å². The molecule has 96 valence electrons. The third-order valence-corrected chi connectivity index (χ3v) is 3.67. The molecule has 0 amide bonds. The summed E-state index contributed by atoms with van der Waals surface area (Å²) in [6.45, 7) is 0. The Bertz CT molecular complexity index is 400. The van der Waals surface area contributed by atoms with Crippen molar-refractivity contribution in [3.63, 3.8) is 0 Å². The fourth-order valence-corrected chi connectivity index (χ4v) is 2.53. The molecule has 1 aromatic carbocycles. The molecule has 0 heterocycles. The molecule has 0 unspecified atom stereocenters. The van der Waals surface area contributed by atoms with Crippen LogP contribution in [0.5, 0.6) is 0 Å². The van der Waals surface area contributed by atoms with E-state index in [-0.39, 0.29) is 11.9 Å². The first-order valence-electron chi connectivity index (χ1n) is 6.60. The SMILES string of the molecule is COC(=O)C1CCC(/C=C/c2ccccc2)CC1. The number of rotatable bonds is 3. The lowest BCUT2D eigenvalue weighted by molar-refractivity contribution is -0.146. The Kier molecular flexibility index (Phi) is 4.57. The summed E-state index contributed by atoms with van der Waals surface area (Å²) >= 11 is 0. The van der Waals surface area contributed by atoms with E-state index in [9.17, 15) is 4.79 Å². The van der Waals surface area contributed by atoms with Gasteiger partial charge in [-0.1, -0.05) is 42.5 Å². The first kappa shape index (κ1) is 12.9. The smallest absolute Gasteiger partial charge is 0.308 e. The molecule has 0 bridgehead atoms. The van der Waals surface area contributed by atoms with E-state index >= 15 is 0 Å². The first-order valence-corrected chi connectivity index (χ1v) is 6.60. The fourth-order valence-electron chi connectivity index (χ4n) is 2.53. The Labute approximate surface area is 109 Å². The molecule has 0 atom stereocenters. The minimum atomic E-state index is -0.0412. The Balaban J connectivity index is 1.84. The number of hydrogen-bond donors (Lipinski definition) is 0. The van der Waals surface area contributed by atoms with Gasteiger partial charge in [-0.3, -0.25) is 4.79 Å². The van der Waals surface area contributed by atoms with E-state index in [4.69, 9.17) is 4.74 Å². The second kappa shape index (κ2) is 6.39. The molecule has 0 aromatic heterocycles. The summed E-state index contributed by atoms with van der Waals surface area (Å²) < 4.78 is 4.80. The number of ether oxygens (including phenoxy) is 1. The molecule has 2 rings (SSSR count). The van der Waals surface area contributed by atoms with E-state index in [1.165, 1.54) is 12.7 Å². The van der Waals surface area contributed by atoms with Crippen LogP contribution in [0.2, 0.25) is 0 Å². The van der Waals surface area contributed by atoms with Gasteiger partial charge in [0.2, 0.25) is 0 Å². The van der Waals surface area contributed by atoms with Gasteiger partial charge in [0.15, 0.2) is 0 Å². The molecule has 2 nitrogen and oxygen atoms in total. The van der Waals surface area contributed by atoms with Crippen LogP contribution in [-0.2, 0) is 9.53 Å². The highest BCUT2D eigenvalue weighted by molar-refractivity contribution is 5.72. The Morgan fingerprint density at radius 1 is 1.17 bits per heavy atom. The minimum Gasteiger partial charge on any atom is -0.469 e. The summed E-state index contributed by atoms with van der Waals surface area (Å²) in [5, 5.41) is 0. The lowest BCUT2D eigenvalue weighted by Gasteiger charge is -2.24. The zero-order valence-electron chi connectivity index (χ0n) is 10.8. The zero-order chi connectivity index (χ0) is 12.8. The largest absolute Gasteiger partial charge is 0.469 e. The molecule has 2 heteroatoms. The number of methoxy groups -OCH3 is 1. The Hall–Kier alpha value is -1.57. The van der Waals surface area contributed by atoms with Crippen LogP contribution in [0.25, 0.3) is 6.08 Å². The summed E-state index contributed by atoms with van der Waals surface area (Å²) in [6, 6.07) is 10.3. The molecule has 1 fully saturated rings. The summed E-state index contributed by atoms with van der Waals surface area (Å²) in [5.41, 5.74) is 1.24. The average Bonchev–Trinajstić information content (AvgIpc) is 2.46. The summed E-state index contributed by atoms with van der Waals surface area (Å²) in [4.78, 5) is 11.4. The van der Waals surface area contributed by atoms with Crippen LogP contribution in [0.3, 0.4) is 0 Å². The predicted molar refractivity (Wildman–Crippen MR) is 72.9 cm³/mol. The molecular formula is C16H20O2. The van der Waals surface area contributed by atoms with Gasteiger partial charge >= 0.3 is 5.97 Å². The van der Waals surface area contributed by atoms with Gasteiger partial charge in [0.1, 0.15) is 0 Å². The number of allylic oxidation sites excluding steroid dienone is 1. The van der Waals surface area contributed by atoms with Crippen LogP contribution >= 0.6 is 0 Å². The first-order chi connectivity index (χ1) is 8.79. The monoisotopic (exact) mass is 244 g/mol. The average molecular weight is 244 g/mol. The molecule has 0 radical (unpaired) electrons. The fraction of sp³-hybridized carbons (Fsp3) is 0.438. The van der Waals surface area contributed by atoms with Crippen molar-refractivity contribution >= 4 is 12.0 Å². The molecule has 0 aliphatic heterocycles. The lowest BCUT2D eigenvalue weighted by atomic mass is 9.82. The molecule has 18 heavy (non-hydrogen) atoms. The highest BCUT2D eigenvalue weighted by Crippen LogP contribution is 2.30. The number of carbonyl (C=O) groups is 1. The highest BCUT2D eigenvalue weighted by Gasteiger charge is 2.25. The second-order valence-electron chi connectivity index (χ2n) is 4.90. The maximum absolute atomic E-state index is 11.4. The van der Waals surface area contributed by atoms with Gasteiger partial charge in [-0.05, 0) is 37.2 Å². The summed E-state index contributed by atoms with van der Waals surface area (Å²) in [5.74, 6) is 0.683. The van der Waals surface area contributed by atoms with E-state index in [1.54, 1.807) is 0 Å². The van der Waals surface area contributed by atoms with Crippen molar-refractivity contribution in [3.05, 3.63) is 42.0 Å². The van der Waals surface area contributed by atoms with Crippen LogP contribution in [0, 0.1) is 11.8 Å². The van der Waals surface area contributed by atoms with Gasteiger partial charge in [0.25, 0.3) is 0 Å². The molecule has 1 aliphatic carbocycles. The Morgan fingerprint density at radius 2 is 1.83 bits per heavy atom. The molecule has 0 spiro atoms. The molecule has 0 saturated heterocycles. The van der Waals surface area contributed by atoms with Crippen LogP contribution in [0.4, 0.5) is 0 Å². The molecule has 1 aromatic rings. The number of hydrogen-bond acceptors (Lipinski definition) is 2. The van der Waals surface area contributed by atoms with Gasteiger partial charge in [0.05, 0.1) is 13.0 Å². The molecule has 0 N–H and O–H groups in total. The third-order valence-electron chi connectivity index (χ3n) is 3.67. The van der Waals surface area contributed by atoms with Crippen molar-refractivity contribution in [2.45, 2.75) is 25.7 Å². The van der Waals surface area contributed by atoms with Crippen LogP contribution in [0.1, 0.15) is 31.2 Å². The number of carbonyl (C=O) groups excluding carboxylic acids is 1. The van der Waals surface area contributed by atoms with Crippen LogP contribution in [0.15, 0.2) is 36.4 Å². The van der Waals surface area contributed by atoms with Crippen molar-refractivity contribution < 1.29 is 9.53 Å². The van der Waals surface area contributed by atoms with Gasteiger partial charge in [0, 0.05) is 0 Å². The van der Waals surface area contributed by atoms with Crippen molar-refractivity contribution in [3.8, 4) is 0 Å². The quantitative estimate of drug-likeness (QED) is 0.758. The lowest BCUT2D eigenvalue weighted by Crippen LogP contribution is -2.22. The second-order valence-corrected chi connectivity index (χ2v) is 4.90. The Morgan fingerprint density at radius 3 is 2.44 bits per heavy atom. The van der Waals surface area contributed by atoms with Crippen LogP contribution < -0.4 is 0 Å².